The third-order valence-corrected chi connectivity index (χ3v) is 8.81. The predicted molar refractivity (Wildman–Crippen MR) is 119 cm³/mol. The molecule has 0 unspecified atom stereocenters. The Bertz CT molecular complexity index is 591. The summed E-state index contributed by atoms with van der Waals surface area (Å²) in [7, 11) is 0. The summed E-state index contributed by atoms with van der Waals surface area (Å²) >= 11 is 0. The Morgan fingerprint density at radius 1 is 0.900 bits per heavy atom. The molecule has 4 bridgehead atoms. The van der Waals surface area contributed by atoms with Crippen molar-refractivity contribution < 1.29 is 14.3 Å². The molecule has 4 heteroatoms. The van der Waals surface area contributed by atoms with Crippen LogP contribution in [-0.2, 0) is 14.3 Å². The number of amides is 1. The number of hydrogen-bond acceptors (Lipinski definition) is 3. The van der Waals surface area contributed by atoms with E-state index >= 15 is 0 Å². The summed E-state index contributed by atoms with van der Waals surface area (Å²) in [6, 6.07) is 0. The van der Waals surface area contributed by atoms with E-state index in [4.69, 9.17) is 4.74 Å². The standard InChI is InChI=1S/C26H43NO3/c1-25(2,3)21-7-9-22(10-8-21)30-24(29)6-4-5-23(28)27-17-26-14-18-11-19(15-26)13-20(12-18)16-26/h18-22H,4-17H2,1-3H3,(H,27,28). The van der Waals surface area contributed by atoms with Crippen molar-refractivity contribution in [3.05, 3.63) is 0 Å². The van der Waals surface area contributed by atoms with Gasteiger partial charge < -0.3 is 10.1 Å². The maximum absolute atomic E-state index is 12.4. The molecule has 0 heterocycles. The second-order valence-corrected chi connectivity index (χ2v) is 12.4. The topological polar surface area (TPSA) is 55.4 Å². The molecule has 5 fully saturated rings. The van der Waals surface area contributed by atoms with Crippen LogP contribution in [0, 0.1) is 34.5 Å². The molecule has 0 aliphatic heterocycles. The number of ether oxygens (including phenoxy) is 1. The molecule has 0 saturated heterocycles. The molecular formula is C26H43NO3. The average molecular weight is 418 g/mol. The minimum atomic E-state index is -0.122. The van der Waals surface area contributed by atoms with Crippen LogP contribution in [0.3, 0.4) is 0 Å². The molecule has 5 saturated carbocycles. The molecule has 0 aromatic rings. The van der Waals surface area contributed by atoms with Gasteiger partial charge >= 0.3 is 5.97 Å². The largest absolute Gasteiger partial charge is 0.462 e. The van der Waals surface area contributed by atoms with Crippen LogP contribution in [0.5, 0.6) is 0 Å². The van der Waals surface area contributed by atoms with E-state index in [-0.39, 0.29) is 18.0 Å². The summed E-state index contributed by atoms with van der Waals surface area (Å²) in [5.41, 5.74) is 0.730. The van der Waals surface area contributed by atoms with Gasteiger partial charge in [-0.15, -0.1) is 0 Å². The highest BCUT2D eigenvalue weighted by Crippen LogP contribution is 2.59. The van der Waals surface area contributed by atoms with Gasteiger partial charge in [0.15, 0.2) is 0 Å². The maximum Gasteiger partial charge on any atom is 0.306 e. The molecule has 1 amide bonds. The van der Waals surface area contributed by atoms with Gasteiger partial charge in [-0.25, -0.2) is 0 Å². The van der Waals surface area contributed by atoms with Crippen molar-refractivity contribution in [1.82, 2.24) is 5.32 Å². The van der Waals surface area contributed by atoms with Gasteiger partial charge in [0.2, 0.25) is 5.91 Å². The first kappa shape index (κ1) is 22.1. The summed E-state index contributed by atoms with van der Waals surface area (Å²) in [4.78, 5) is 24.6. The second-order valence-electron chi connectivity index (χ2n) is 12.4. The molecule has 0 aromatic carbocycles. The number of rotatable bonds is 7. The SMILES string of the molecule is CC(C)(C)C1CCC(OC(=O)CCCC(=O)NCC23CC4CC(CC(C4)C2)C3)CC1. The van der Waals surface area contributed by atoms with Crippen molar-refractivity contribution in [3.8, 4) is 0 Å². The summed E-state index contributed by atoms with van der Waals surface area (Å²) in [6.45, 7) is 7.77. The molecule has 170 valence electrons. The van der Waals surface area contributed by atoms with Crippen LogP contribution in [0.2, 0.25) is 0 Å². The highest BCUT2D eigenvalue weighted by atomic mass is 16.5. The third kappa shape index (κ3) is 5.40. The molecule has 5 aliphatic rings. The van der Waals surface area contributed by atoms with Gasteiger partial charge in [0.05, 0.1) is 0 Å². The van der Waals surface area contributed by atoms with Crippen LogP contribution < -0.4 is 5.32 Å². The van der Waals surface area contributed by atoms with Gasteiger partial charge in [-0.3, -0.25) is 9.59 Å². The first-order chi connectivity index (χ1) is 14.2. The van der Waals surface area contributed by atoms with Gasteiger partial charge in [-0.2, -0.15) is 0 Å². The number of hydrogen-bond donors (Lipinski definition) is 1. The Hall–Kier alpha value is -1.06. The zero-order valence-electron chi connectivity index (χ0n) is 19.5. The first-order valence-electron chi connectivity index (χ1n) is 12.7. The van der Waals surface area contributed by atoms with E-state index in [1.807, 2.05) is 0 Å². The van der Waals surface area contributed by atoms with Crippen LogP contribution in [-0.4, -0.2) is 24.5 Å². The lowest BCUT2D eigenvalue weighted by Gasteiger charge is -2.56. The van der Waals surface area contributed by atoms with E-state index < -0.39 is 0 Å². The van der Waals surface area contributed by atoms with Crippen LogP contribution in [0.4, 0.5) is 0 Å². The fourth-order valence-electron chi connectivity index (χ4n) is 7.57. The monoisotopic (exact) mass is 417 g/mol. The van der Waals surface area contributed by atoms with Gasteiger partial charge in [0.1, 0.15) is 6.10 Å². The molecule has 0 radical (unpaired) electrons. The summed E-state index contributed by atoms with van der Waals surface area (Å²) < 4.78 is 5.69. The lowest BCUT2D eigenvalue weighted by atomic mass is 9.49. The number of nitrogens with one attached hydrogen (secondary N) is 1. The van der Waals surface area contributed by atoms with Gasteiger partial charge in [0.25, 0.3) is 0 Å². The molecule has 0 atom stereocenters. The molecule has 0 spiro atoms. The highest BCUT2D eigenvalue weighted by Gasteiger charge is 2.50. The van der Waals surface area contributed by atoms with Crippen LogP contribution >= 0.6 is 0 Å². The normalized spacial score (nSPS) is 37.8. The Morgan fingerprint density at radius 3 is 2.00 bits per heavy atom. The second kappa shape index (κ2) is 8.82. The maximum atomic E-state index is 12.4. The minimum absolute atomic E-state index is 0.0843. The van der Waals surface area contributed by atoms with E-state index in [0.717, 1.165) is 55.9 Å². The fraction of sp³-hybridized carbons (Fsp3) is 0.923. The zero-order valence-corrected chi connectivity index (χ0v) is 19.5. The fourth-order valence-corrected chi connectivity index (χ4v) is 7.57. The van der Waals surface area contributed by atoms with E-state index in [9.17, 15) is 9.59 Å². The number of carbonyl (C=O) groups excluding carboxylic acids is 2. The van der Waals surface area contributed by atoms with Crippen molar-refractivity contribution >= 4 is 11.9 Å². The predicted octanol–water partition coefficient (Wildman–Crippen LogP) is 5.64. The molecule has 5 rings (SSSR count). The van der Waals surface area contributed by atoms with Crippen LogP contribution in [0.25, 0.3) is 0 Å². The highest BCUT2D eigenvalue weighted by molar-refractivity contribution is 5.77. The third-order valence-electron chi connectivity index (χ3n) is 8.81. The summed E-state index contributed by atoms with van der Waals surface area (Å²) in [5, 5.41) is 3.22. The minimum Gasteiger partial charge on any atom is -0.462 e. The lowest BCUT2D eigenvalue weighted by molar-refractivity contribution is -0.151. The summed E-state index contributed by atoms with van der Waals surface area (Å²) in [6.07, 6.45) is 14.0. The molecule has 5 aliphatic carbocycles. The zero-order chi connectivity index (χ0) is 21.4. The van der Waals surface area contributed by atoms with Crippen molar-refractivity contribution in [2.45, 2.75) is 110 Å². The van der Waals surface area contributed by atoms with Crippen molar-refractivity contribution in [3.63, 3.8) is 0 Å². The molecule has 1 N–H and O–H groups in total. The molecule has 30 heavy (non-hydrogen) atoms. The number of carbonyl (C=O) groups is 2. The van der Waals surface area contributed by atoms with Crippen LogP contribution in [0.15, 0.2) is 0 Å². The smallest absolute Gasteiger partial charge is 0.306 e. The Labute approximate surface area is 183 Å². The quantitative estimate of drug-likeness (QED) is 0.546. The van der Waals surface area contributed by atoms with Crippen LogP contribution in [0.1, 0.15) is 104 Å². The van der Waals surface area contributed by atoms with Gasteiger partial charge in [0, 0.05) is 19.4 Å². The van der Waals surface area contributed by atoms with E-state index in [2.05, 4.69) is 26.1 Å². The summed E-state index contributed by atoms with van der Waals surface area (Å²) in [5.74, 6) is 3.47. The van der Waals surface area contributed by atoms with E-state index in [1.54, 1.807) is 0 Å². The average Bonchev–Trinajstić information content (AvgIpc) is 2.65. The molecule has 4 nitrogen and oxygen atoms in total. The van der Waals surface area contributed by atoms with E-state index in [1.165, 1.54) is 38.5 Å². The van der Waals surface area contributed by atoms with Crippen molar-refractivity contribution in [1.29, 1.82) is 0 Å². The van der Waals surface area contributed by atoms with Crippen molar-refractivity contribution in [2.24, 2.45) is 34.5 Å². The van der Waals surface area contributed by atoms with Crippen molar-refractivity contribution in [2.75, 3.05) is 6.54 Å². The van der Waals surface area contributed by atoms with Gasteiger partial charge in [-0.1, -0.05) is 20.8 Å². The Balaban J connectivity index is 1.10. The molecule has 0 aromatic heterocycles. The Morgan fingerprint density at radius 2 is 1.47 bits per heavy atom. The lowest BCUT2D eigenvalue weighted by Crippen LogP contribution is -2.51. The Kier molecular flexibility index (Phi) is 6.51. The van der Waals surface area contributed by atoms with Gasteiger partial charge in [-0.05, 0) is 105 Å². The number of esters is 1. The first-order valence-corrected chi connectivity index (χ1v) is 12.7. The molecular weight excluding hydrogens is 374 g/mol. The van der Waals surface area contributed by atoms with E-state index in [0.29, 0.717) is 30.1 Å².